The number of oxime groups is 1. The van der Waals surface area contributed by atoms with Crippen LogP contribution < -0.4 is 4.74 Å². The van der Waals surface area contributed by atoms with Gasteiger partial charge in [-0.1, -0.05) is 23.4 Å². The second-order valence-electron chi connectivity index (χ2n) is 4.59. The zero-order valence-electron chi connectivity index (χ0n) is 9.99. The lowest BCUT2D eigenvalue weighted by molar-refractivity contribution is -0.122. The van der Waals surface area contributed by atoms with Crippen LogP contribution >= 0.6 is 0 Å². The second-order valence-corrected chi connectivity index (χ2v) is 4.59. The number of para-hydroxylation sites is 1. The molecule has 0 N–H and O–H groups in total. The third-order valence-corrected chi connectivity index (χ3v) is 3.09. The highest BCUT2D eigenvalue weighted by molar-refractivity contribution is 5.84. The van der Waals surface area contributed by atoms with Gasteiger partial charge < -0.3 is 9.57 Å². The number of hydrogen-bond donors (Lipinski definition) is 0. The van der Waals surface area contributed by atoms with Crippen molar-refractivity contribution in [1.82, 2.24) is 0 Å². The van der Waals surface area contributed by atoms with Crippen LogP contribution in [0.5, 0.6) is 5.75 Å². The van der Waals surface area contributed by atoms with E-state index >= 15 is 0 Å². The van der Waals surface area contributed by atoms with E-state index in [-0.39, 0.29) is 12.2 Å². The Morgan fingerprint density at radius 2 is 2.00 bits per heavy atom. The van der Waals surface area contributed by atoms with Crippen molar-refractivity contribution in [1.29, 1.82) is 0 Å². The van der Waals surface area contributed by atoms with Crippen molar-refractivity contribution in [2.75, 3.05) is 0 Å². The first kappa shape index (κ1) is 12.1. The van der Waals surface area contributed by atoms with Gasteiger partial charge in [-0.25, -0.2) is 0 Å². The molecular weight excluding hydrogens is 259 g/mol. The number of ether oxygens (including phenoxy) is 1. The van der Waals surface area contributed by atoms with Crippen LogP contribution in [0, 0.1) is 0 Å². The highest BCUT2D eigenvalue weighted by Crippen LogP contribution is 2.47. The van der Waals surface area contributed by atoms with Crippen LogP contribution in [0.1, 0.15) is 18.9 Å². The van der Waals surface area contributed by atoms with E-state index in [1.807, 2.05) is 0 Å². The van der Waals surface area contributed by atoms with Gasteiger partial charge in [0.25, 0.3) is 0 Å². The predicted molar refractivity (Wildman–Crippen MR) is 61.7 cm³/mol. The maximum Gasteiger partial charge on any atom is 0.449 e. The molecule has 0 radical (unpaired) electrons. The molecule has 1 aromatic carbocycles. The largest absolute Gasteiger partial charge is 0.452 e. The summed E-state index contributed by atoms with van der Waals surface area (Å²) in [6, 6.07) is 6.53. The third kappa shape index (κ3) is 1.87. The summed E-state index contributed by atoms with van der Waals surface area (Å²) in [5.41, 5.74) is 0.00197. The summed E-state index contributed by atoms with van der Waals surface area (Å²) in [5, 5.41) is 3.78. The quantitative estimate of drug-likeness (QED) is 0.721. The van der Waals surface area contributed by atoms with Crippen molar-refractivity contribution < 1.29 is 22.7 Å². The van der Waals surface area contributed by atoms with Gasteiger partial charge in [-0.2, -0.15) is 13.2 Å². The number of hydrogen-bond acceptors (Lipinski definition) is 3. The maximum absolute atomic E-state index is 12.9. The predicted octanol–water partition coefficient (Wildman–Crippen LogP) is 3.52. The molecule has 0 unspecified atom stereocenters. The molecule has 100 valence electrons. The number of nitrogens with zero attached hydrogens (tertiary/aromatic N) is 1. The molecule has 6 heteroatoms. The molecule has 1 atom stereocenters. The minimum Gasteiger partial charge on any atom is -0.452 e. The molecule has 0 aliphatic carbocycles. The van der Waals surface area contributed by atoms with E-state index in [1.54, 1.807) is 25.1 Å². The summed E-state index contributed by atoms with van der Waals surface area (Å²) >= 11 is 0. The van der Waals surface area contributed by atoms with Gasteiger partial charge in [0.15, 0.2) is 5.60 Å². The number of alkyl halides is 3. The normalized spacial score (nSPS) is 25.3. The molecule has 0 fully saturated rings. The number of fused-ring (bicyclic) bond motifs is 2. The Kier molecular flexibility index (Phi) is 2.39. The minimum atomic E-state index is -4.56. The fraction of sp³-hybridized carbons (Fsp3) is 0.308. The third-order valence-electron chi connectivity index (χ3n) is 3.09. The van der Waals surface area contributed by atoms with Crippen molar-refractivity contribution in [3.05, 3.63) is 41.7 Å². The highest BCUT2D eigenvalue weighted by atomic mass is 19.4. The van der Waals surface area contributed by atoms with E-state index in [2.05, 4.69) is 5.16 Å². The Bertz CT molecular complexity index is 592. The fourth-order valence-corrected chi connectivity index (χ4v) is 2.31. The number of rotatable bonds is 0. The smallest absolute Gasteiger partial charge is 0.449 e. The lowest BCUT2D eigenvalue weighted by Crippen LogP contribution is -2.32. The average Bonchev–Trinajstić information content (AvgIpc) is 2.70. The lowest BCUT2D eigenvalue weighted by Gasteiger charge is -2.31. The Balaban J connectivity index is 2.13. The molecule has 2 aliphatic rings. The van der Waals surface area contributed by atoms with Crippen LogP contribution in [0.15, 0.2) is 41.3 Å². The summed E-state index contributed by atoms with van der Waals surface area (Å²) in [6.45, 7) is 1.72. The van der Waals surface area contributed by atoms with Gasteiger partial charge in [-0.3, -0.25) is 0 Å². The first-order chi connectivity index (χ1) is 8.91. The molecule has 2 aliphatic heterocycles. The Labute approximate surface area is 107 Å². The molecule has 0 bridgehead atoms. The standard InChI is InChI=1S/C13H10F3NO2/c1-8-6-12(19-17-8)7-11(13(14,15)16)18-10-5-3-2-4-9(10)12/h2-5,7H,6H2,1H3/t12-/m1/s1. The zero-order chi connectivity index (χ0) is 13.7. The Morgan fingerprint density at radius 3 is 2.63 bits per heavy atom. The summed E-state index contributed by atoms with van der Waals surface area (Å²) in [7, 11) is 0. The number of allylic oxidation sites excluding steroid dienone is 1. The molecule has 0 aromatic heterocycles. The van der Waals surface area contributed by atoms with Crippen molar-refractivity contribution in [3.63, 3.8) is 0 Å². The fourth-order valence-electron chi connectivity index (χ4n) is 2.31. The van der Waals surface area contributed by atoms with Gasteiger partial charge in [-0.15, -0.1) is 0 Å². The van der Waals surface area contributed by atoms with E-state index in [4.69, 9.17) is 9.57 Å². The first-order valence-corrected chi connectivity index (χ1v) is 5.70. The SMILES string of the molecule is CC1=NO[C@@]2(C=C(C(F)(F)F)Oc3ccccc32)C1. The summed E-state index contributed by atoms with van der Waals surface area (Å²) in [4.78, 5) is 5.28. The van der Waals surface area contributed by atoms with Crippen molar-refractivity contribution in [2.24, 2.45) is 5.16 Å². The van der Waals surface area contributed by atoms with Crippen LogP contribution in [-0.2, 0) is 10.4 Å². The molecule has 19 heavy (non-hydrogen) atoms. The molecule has 0 saturated carbocycles. The van der Waals surface area contributed by atoms with E-state index in [9.17, 15) is 13.2 Å². The van der Waals surface area contributed by atoms with E-state index < -0.39 is 17.5 Å². The molecule has 3 rings (SSSR count). The molecular formula is C13H10F3NO2. The van der Waals surface area contributed by atoms with Gasteiger partial charge in [0.05, 0.1) is 5.71 Å². The average molecular weight is 269 g/mol. The van der Waals surface area contributed by atoms with E-state index in [0.29, 0.717) is 11.3 Å². The van der Waals surface area contributed by atoms with E-state index in [1.165, 1.54) is 6.07 Å². The molecule has 0 saturated heterocycles. The van der Waals surface area contributed by atoms with Gasteiger partial charge >= 0.3 is 6.18 Å². The van der Waals surface area contributed by atoms with Gasteiger partial charge in [-0.05, 0) is 13.0 Å². The topological polar surface area (TPSA) is 30.8 Å². The summed E-state index contributed by atoms with van der Waals surface area (Å²) in [5.74, 6) is -0.904. The highest BCUT2D eigenvalue weighted by Gasteiger charge is 2.49. The van der Waals surface area contributed by atoms with Crippen molar-refractivity contribution in [2.45, 2.75) is 25.1 Å². The number of halogens is 3. The Hall–Kier alpha value is -1.98. The van der Waals surface area contributed by atoms with Crippen LogP contribution in [0.3, 0.4) is 0 Å². The van der Waals surface area contributed by atoms with Crippen molar-refractivity contribution in [3.8, 4) is 5.75 Å². The van der Waals surface area contributed by atoms with Crippen LogP contribution in [-0.4, -0.2) is 11.9 Å². The number of benzene rings is 1. The minimum absolute atomic E-state index is 0.155. The molecule has 0 amide bonds. The second kappa shape index (κ2) is 3.76. The van der Waals surface area contributed by atoms with Gasteiger partial charge in [0.1, 0.15) is 5.75 Å². The van der Waals surface area contributed by atoms with Crippen LogP contribution in [0.25, 0.3) is 0 Å². The Morgan fingerprint density at radius 1 is 1.26 bits per heavy atom. The van der Waals surface area contributed by atoms with Gasteiger partial charge in [0, 0.05) is 18.1 Å². The lowest BCUT2D eigenvalue weighted by atomic mass is 9.86. The van der Waals surface area contributed by atoms with Gasteiger partial charge in [0.2, 0.25) is 5.76 Å². The molecule has 2 heterocycles. The van der Waals surface area contributed by atoms with Crippen molar-refractivity contribution >= 4 is 5.71 Å². The monoisotopic (exact) mass is 269 g/mol. The molecule has 1 aromatic rings. The summed E-state index contributed by atoms with van der Waals surface area (Å²) < 4.78 is 43.6. The molecule has 1 spiro atoms. The van der Waals surface area contributed by atoms with E-state index in [0.717, 1.165) is 6.08 Å². The molecule has 3 nitrogen and oxygen atoms in total. The maximum atomic E-state index is 12.9. The van der Waals surface area contributed by atoms with Crippen LogP contribution in [0.2, 0.25) is 0 Å². The first-order valence-electron chi connectivity index (χ1n) is 5.70. The zero-order valence-corrected chi connectivity index (χ0v) is 9.99. The van der Waals surface area contributed by atoms with Crippen LogP contribution in [0.4, 0.5) is 13.2 Å². The summed E-state index contributed by atoms with van der Waals surface area (Å²) in [6.07, 6.45) is -3.30.